The van der Waals surface area contributed by atoms with Gasteiger partial charge in [0.15, 0.2) is 5.65 Å². The van der Waals surface area contributed by atoms with Crippen molar-refractivity contribution in [2.75, 3.05) is 25.1 Å². The van der Waals surface area contributed by atoms with Crippen molar-refractivity contribution >= 4 is 22.7 Å². The molecule has 0 saturated heterocycles. The number of rotatable bonds is 5. The number of carbonyl (C=O) groups is 1. The highest BCUT2D eigenvalue weighted by Crippen LogP contribution is 2.35. The van der Waals surface area contributed by atoms with Gasteiger partial charge in [0.2, 0.25) is 0 Å². The van der Waals surface area contributed by atoms with E-state index in [4.69, 9.17) is 9.47 Å². The molecule has 1 N–H and O–H groups in total. The molecule has 7 heteroatoms. The van der Waals surface area contributed by atoms with E-state index < -0.39 is 0 Å². The van der Waals surface area contributed by atoms with Crippen molar-refractivity contribution in [2.45, 2.75) is 26.2 Å². The van der Waals surface area contributed by atoms with Crippen molar-refractivity contribution < 1.29 is 14.3 Å². The zero-order valence-corrected chi connectivity index (χ0v) is 16.4. The highest BCUT2D eigenvalue weighted by molar-refractivity contribution is 6.05. The van der Waals surface area contributed by atoms with E-state index in [1.165, 1.54) is 5.56 Å². The Morgan fingerprint density at radius 3 is 3.04 bits per heavy atom. The van der Waals surface area contributed by atoms with Gasteiger partial charge in [-0.3, -0.25) is 4.68 Å². The monoisotopic (exact) mass is 380 g/mol. The summed E-state index contributed by atoms with van der Waals surface area (Å²) in [6.45, 7) is 5.40. The van der Waals surface area contributed by atoms with Gasteiger partial charge in [0.05, 0.1) is 30.0 Å². The third-order valence-corrected chi connectivity index (χ3v) is 5.13. The van der Waals surface area contributed by atoms with Gasteiger partial charge in [-0.15, -0.1) is 0 Å². The van der Waals surface area contributed by atoms with Crippen LogP contribution in [0.25, 0.3) is 11.0 Å². The highest BCUT2D eigenvalue weighted by Gasteiger charge is 2.24. The summed E-state index contributed by atoms with van der Waals surface area (Å²) in [5.74, 6) is 0.846. The number of fused-ring (bicyclic) bond motifs is 2. The van der Waals surface area contributed by atoms with E-state index in [-0.39, 0.29) is 5.97 Å². The van der Waals surface area contributed by atoms with Gasteiger partial charge >= 0.3 is 5.97 Å². The number of aryl methyl sites for hydroxylation is 2. The third-order valence-electron chi connectivity index (χ3n) is 5.13. The summed E-state index contributed by atoms with van der Waals surface area (Å²) in [7, 11) is 1.85. The summed E-state index contributed by atoms with van der Waals surface area (Å²) < 4.78 is 12.7. The van der Waals surface area contributed by atoms with Crippen LogP contribution in [0, 0.1) is 6.92 Å². The Labute approximate surface area is 163 Å². The number of hydrogen-bond donors (Lipinski definition) is 1. The minimum atomic E-state index is -0.380. The van der Waals surface area contributed by atoms with Crippen LogP contribution in [0.3, 0.4) is 0 Å². The Hall–Kier alpha value is -3.09. The van der Waals surface area contributed by atoms with E-state index in [2.05, 4.69) is 21.5 Å². The van der Waals surface area contributed by atoms with E-state index >= 15 is 0 Å². The molecule has 0 amide bonds. The third kappa shape index (κ3) is 3.17. The van der Waals surface area contributed by atoms with Crippen LogP contribution in [0.15, 0.2) is 30.5 Å². The first-order chi connectivity index (χ1) is 13.6. The normalized spacial score (nSPS) is 15.8. The van der Waals surface area contributed by atoms with Crippen LogP contribution in [0.4, 0.5) is 5.69 Å². The van der Waals surface area contributed by atoms with Crippen molar-refractivity contribution in [3.63, 3.8) is 0 Å². The molecule has 1 aromatic carbocycles. The van der Waals surface area contributed by atoms with Gasteiger partial charge in [0.25, 0.3) is 0 Å². The number of aromatic nitrogens is 3. The van der Waals surface area contributed by atoms with Gasteiger partial charge in [0.1, 0.15) is 11.3 Å². The number of anilines is 1. The van der Waals surface area contributed by atoms with Crippen LogP contribution in [0.2, 0.25) is 0 Å². The van der Waals surface area contributed by atoms with E-state index in [9.17, 15) is 4.79 Å². The molecule has 1 aliphatic rings. The van der Waals surface area contributed by atoms with Crippen LogP contribution in [0.5, 0.6) is 5.75 Å². The number of esters is 1. The van der Waals surface area contributed by atoms with Crippen LogP contribution in [-0.2, 0) is 11.8 Å². The quantitative estimate of drug-likeness (QED) is 0.683. The van der Waals surface area contributed by atoms with Gasteiger partial charge in [-0.25, -0.2) is 9.78 Å². The largest absolute Gasteiger partial charge is 0.493 e. The van der Waals surface area contributed by atoms with Crippen LogP contribution in [0.1, 0.15) is 40.9 Å². The van der Waals surface area contributed by atoms with Gasteiger partial charge in [-0.2, -0.15) is 5.10 Å². The first-order valence-electron chi connectivity index (χ1n) is 9.55. The number of benzene rings is 1. The Morgan fingerprint density at radius 1 is 1.39 bits per heavy atom. The SMILES string of the molecule is CCOC(=O)c1cnc2c(c(C)nn2C)c1NCC1CCOc2ccccc21. The molecule has 4 rings (SSSR count). The van der Waals surface area contributed by atoms with Crippen LogP contribution in [-0.4, -0.2) is 40.5 Å². The number of ether oxygens (including phenoxy) is 2. The summed E-state index contributed by atoms with van der Waals surface area (Å²) in [5.41, 5.74) is 3.92. The lowest BCUT2D eigenvalue weighted by atomic mass is 9.93. The number of pyridine rings is 1. The molecule has 0 fully saturated rings. The fourth-order valence-electron chi connectivity index (χ4n) is 3.81. The smallest absolute Gasteiger partial charge is 0.341 e. The number of carbonyl (C=O) groups excluding carboxylic acids is 1. The summed E-state index contributed by atoms with van der Waals surface area (Å²) in [4.78, 5) is 17.0. The Balaban J connectivity index is 1.71. The van der Waals surface area contributed by atoms with Crippen LogP contribution >= 0.6 is 0 Å². The maximum atomic E-state index is 12.5. The topological polar surface area (TPSA) is 78.3 Å². The standard InChI is InChI=1S/C21H24N4O3/c1-4-27-21(26)16-12-23-20-18(13(2)24-25(20)3)19(16)22-11-14-9-10-28-17-8-6-5-7-15(14)17/h5-8,12,14H,4,9-11H2,1-3H3,(H,22,23). The predicted molar refractivity (Wildman–Crippen MR) is 107 cm³/mol. The number of nitrogens with zero attached hydrogens (tertiary/aromatic N) is 3. The Kier molecular flexibility index (Phi) is 4.90. The van der Waals surface area contributed by atoms with E-state index in [1.54, 1.807) is 17.8 Å². The second-order valence-corrected chi connectivity index (χ2v) is 6.93. The molecule has 2 aromatic heterocycles. The molecule has 146 valence electrons. The van der Waals surface area contributed by atoms with Crippen molar-refractivity contribution in [3.05, 3.63) is 47.3 Å². The molecule has 1 aliphatic heterocycles. The summed E-state index contributed by atoms with van der Waals surface area (Å²) in [6.07, 6.45) is 2.49. The molecule has 3 heterocycles. The minimum absolute atomic E-state index is 0.292. The summed E-state index contributed by atoms with van der Waals surface area (Å²) in [5, 5.41) is 8.84. The summed E-state index contributed by atoms with van der Waals surface area (Å²) >= 11 is 0. The maximum Gasteiger partial charge on any atom is 0.341 e. The van der Waals surface area contributed by atoms with Gasteiger partial charge in [-0.1, -0.05) is 18.2 Å². The first kappa shape index (κ1) is 18.3. The molecule has 0 aliphatic carbocycles. The van der Waals surface area contributed by atoms with Crippen molar-refractivity contribution in [1.29, 1.82) is 0 Å². The predicted octanol–water partition coefficient (Wildman–Crippen LogP) is 3.43. The molecular weight excluding hydrogens is 356 g/mol. The molecule has 3 aromatic rings. The molecule has 0 radical (unpaired) electrons. The second-order valence-electron chi connectivity index (χ2n) is 6.93. The molecule has 28 heavy (non-hydrogen) atoms. The zero-order valence-electron chi connectivity index (χ0n) is 16.4. The first-order valence-corrected chi connectivity index (χ1v) is 9.55. The lowest BCUT2D eigenvalue weighted by Gasteiger charge is -2.26. The molecule has 0 spiro atoms. The van der Waals surface area contributed by atoms with Crippen LogP contribution < -0.4 is 10.1 Å². The van der Waals surface area contributed by atoms with Gasteiger partial charge < -0.3 is 14.8 Å². The highest BCUT2D eigenvalue weighted by atomic mass is 16.5. The van der Waals surface area contributed by atoms with Crippen molar-refractivity contribution in [1.82, 2.24) is 14.8 Å². The maximum absolute atomic E-state index is 12.5. The summed E-state index contributed by atoms with van der Waals surface area (Å²) in [6, 6.07) is 8.12. The molecule has 0 bridgehead atoms. The molecule has 1 atom stereocenters. The number of para-hydroxylation sites is 1. The fraction of sp³-hybridized carbons (Fsp3) is 0.381. The van der Waals surface area contributed by atoms with E-state index in [0.29, 0.717) is 31.2 Å². The number of nitrogens with one attached hydrogen (secondary N) is 1. The minimum Gasteiger partial charge on any atom is -0.493 e. The number of hydrogen-bond acceptors (Lipinski definition) is 6. The lowest BCUT2D eigenvalue weighted by molar-refractivity contribution is 0.0527. The molecule has 1 unspecified atom stereocenters. The lowest BCUT2D eigenvalue weighted by Crippen LogP contribution is -2.22. The Morgan fingerprint density at radius 2 is 2.21 bits per heavy atom. The van der Waals surface area contributed by atoms with Gasteiger partial charge in [0, 0.05) is 25.7 Å². The van der Waals surface area contributed by atoms with Crippen molar-refractivity contribution in [3.8, 4) is 5.75 Å². The van der Waals surface area contributed by atoms with E-state index in [0.717, 1.165) is 34.6 Å². The Bertz CT molecular complexity index is 1030. The van der Waals surface area contributed by atoms with Gasteiger partial charge in [-0.05, 0) is 31.9 Å². The average Bonchev–Trinajstić information content (AvgIpc) is 3.00. The average molecular weight is 380 g/mol. The van der Waals surface area contributed by atoms with E-state index in [1.807, 2.05) is 32.2 Å². The molecule has 0 saturated carbocycles. The molecule has 7 nitrogen and oxygen atoms in total. The van der Waals surface area contributed by atoms with Crippen molar-refractivity contribution in [2.24, 2.45) is 7.05 Å². The molecular formula is C21H24N4O3. The second kappa shape index (κ2) is 7.50. The fourth-order valence-corrected chi connectivity index (χ4v) is 3.81. The zero-order chi connectivity index (χ0) is 19.7.